The van der Waals surface area contributed by atoms with Crippen molar-refractivity contribution in [2.45, 2.75) is 25.3 Å². The number of hydrogen-bond acceptors (Lipinski definition) is 5. The highest BCUT2D eigenvalue weighted by molar-refractivity contribution is 7.92. The van der Waals surface area contributed by atoms with Gasteiger partial charge < -0.3 is 0 Å². The molecule has 0 aliphatic carbocycles. The van der Waals surface area contributed by atoms with Crippen LogP contribution < -0.4 is 4.72 Å². The Morgan fingerprint density at radius 2 is 1.81 bits per heavy atom. The van der Waals surface area contributed by atoms with E-state index in [-0.39, 0.29) is 10.6 Å². The van der Waals surface area contributed by atoms with Crippen LogP contribution in [0.25, 0.3) is 0 Å². The zero-order chi connectivity index (χ0) is 19.6. The SMILES string of the molecule is Cc1cc(C)n(Cc2cccc(NS(=O)(=O)c3ccc([N+](=O)[O-])cc3)c2)n1. The lowest BCUT2D eigenvalue weighted by molar-refractivity contribution is -0.384. The van der Waals surface area contributed by atoms with Crippen molar-refractivity contribution in [1.29, 1.82) is 0 Å². The van der Waals surface area contributed by atoms with Crippen molar-refractivity contribution in [3.8, 4) is 0 Å². The van der Waals surface area contributed by atoms with E-state index >= 15 is 0 Å². The molecule has 0 atom stereocenters. The van der Waals surface area contributed by atoms with Gasteiger partial charge in [0.25, 0.3) is 15.7 Å². The molecule has 8 nitrogen and oxygen atoms in total. The molecule has 0 bridgehead atoms. The van der Waals surface area contributed by atoms with Crippen LogP contribution in [-0.2, 0) is 16.6 Å². The van der Waals surface area contributed by atoms with Crippen molar-refractivity contribution in [2.75, 3.05) is 4.72 Å². The third kappa shape index (κ3) is 4.32. The number of nitro groups is 1. The van der Waals surface area contributed by atoms with E-state index in [2.05, 4.69) is 9.82 Å². The predicted molar refractivity (Wildman–Crippen MR) is 101 cm³/mol. The number of aromatic nitrogens is 2. The number of sulfonamides is 1. The van der Waals surface area contributed by atoms with E-state index in [1.807, 2.05) is 30.7 Å². The van der Waals surface area contributed by atoms with E-state index < -0.39 is 14.9 Å². The fourth-order valence-electron chi connectivity index (χ4n) is 2.70. The van der Waals surface area contributed by atoms with Gasteiger partial charge in [0, 0.05) is 23.5 Å². The molecule has 0 saturated heterocycles. The second kappa shape index (κ2) is 7.20. The first-order valence-corrected chi connectivity index (χ1v) is 9.60. The summed E-state index contributed by atoms with van der Waals surface area (Å²) in [6, 6.07) is 13.7. The quantitative estimate of drug-likeness (QED) is 0.517. The lowest BCUT2D eigenvalue weighted by atomic mass is 10.2. The summed E-state index contributed by atoms with van der Waals surface area (Å²) in [6.07, 6.45) is 0. The molecule has 3 rings (SSSR count). The van der Waals surface area contributed by atoms with Crippen LogP contribution in [0.1, 0.15) is 17.0 Å². The average molecular weight is 386 g/mol. The summed E-state index contributed by atoms with van der Waals surface area (Å²) in [4.78, 5) is 10.1. The summed E-state index contributed by atoms with van der Waals surface area (Å²) in [5, 5.41) is 15.1. The van der Waals surface area contributed by atoms with Crippen LogP contribution in [0.3, 0.4) is 0 Å². The summed E-state index contributed by atoms with van der Waals surface area (Å²) in [6.45, 7) is 4.40. The third-order valence-corrected chi connectivity index (χ3v) is 5.37. The lowest BCUT2D eigenvalue weighted by Crippen LogP contribution is -2.13. The Morgan fingerprint density at radius 1 is 1.11 bits per heavy atom. The summed E-state index contributed by atoms with van der Waals surface area (Å²) in [7, 11) is -3.84. The number of nitrogens with zero attached hydrogens (tertiary/aromatic N) is 3. The van der Waals surface area contributed by atoms with Crippen LogP contribution in [-0.4, -0.2) is 23.1 Å². The molecule has 9 heteroatoms. The zero-order valence-corrected chi connectivity index (χ0v) is 15.6. The predicted octanol–water partition coefficient (Wildman–Crippen LogP) is 3.26. The van der Waals surface area contributed by atoms with Crippen LogP contribution in [0, 0.1) is 24.0 Å². The smallest absolute Gasteiger partial charge is 0.269 e. The van der Waals surface area contributed by atoms with E-state index in [9.17, 15) is 18.5 Å². The minimum atomic E-state index is -3.84. The third-order valence-electron chi connectivity index (χ3n) is 3.97. The summed E-state index contributed by atoms with van der Waals surface area (Å²) in [5.41, 5.74) is 3.07. The van der Waals surface area contributed by atoms with Gasteiger partial charge in [-0.25, -0.2) is 8.42 Å². The van der Waals surface area contributed by atoms with Gasteiger partial charge in [-0.3, -0.25) is 19.5 Å². The average Bonchev–Trinajstić information content (AvgIpc) is 2.92. The highest BCUT2D eigenvalue weighted by Gasteiger charge is 2.16. The molecule has 1 heterocycles. The number of anilines is 1. The first-order chi connectivity index (χ1) is 12.7. The monoisotopic (exact) mass is 386 g/mol. The van der Waals surface area contributed by atoms with Crippen molar-refractivity contribution < 1.29 is 13.3 Å². The van der Waals surface area contributed by atoms with E-state index in [0.29, 0.717) is 12.2 Å². The van der Waals surface area contributed by atoms with Gasteiger partial charge in [-0.1, -0.05) is 12.1 Å². The van der Waals surface area contributed by atoms with Crippen LogP contribution >= 0.6 is 0 Å². The number of non-ortho nitro benzene ring substituents is 1. The molecule has 0 amide bonds. The van der Waals surface area contributed by atoms with Gasteiger partial charge in [-0.05, 0) is 49.7 Å². The Morgan fingerprint density at radius 3 is 2.41 bits per heavy atom. The van der Waals surface area contributed by atoms with Gasteiger partial charge >= 0.3 is 0 Å². The molecule has 27 heavy (non-hydrogen) atoms. The van der Waals surface area contributed by atoms with Crippen LogP contribution in [0.4, 0.5) is 11.4 Å². The maximum absolute atomic E-state index is 12.5. The second-order valence-corrected chi connectivity index (χ2v) is 7.82. The fourth-order valence-corrected chi connectivity index (χ4v) is 3.75. The molecular formula is C18H18N4O4S. The van der Waals surface area contributed by atoms with Gasteiger partial charge in [0.2, 0.25) is 0 Å². The Balaban J connectivity index is 1.80. The maximum atomic E-state index is 12.5. The van der Waals surface area contributed by atoms with E-state index in [1.54, 1.807) is 18.2 Å². The lowest BCUT2D eigenvalue weighted by Gasteiger charge is -2.10. The normalized spacial score (nSPS) is 11.3. The minimum absolute atomic E-state index is 0.0444. The van der Waals surface area contributed by atoms with Crippen molar-refractivity contribution in [3.05, 3.63) is 81.7 Å². The van der Waals surface area contributed by atoms with Crippen LogP contribution in [0.5, 0.6) is 0 Å². The second-order valence-electron chi connectivity index (χ2n) is 6.14. The number of hydrogen-bond donors (Lipinski definition) is 1. The summed E-state index contributed by atoms with van der Waals surface area (Å²) in [5.74, 6) is 0. The molecule has 1 aromatic heterocycles. The number of benzene rings is 2. The van der Waals surface area contributed by atoms with E-state index in [1.165, 1.54) is 12.1 Å². The van der Waals surface area contributed by atoms with E-state index in [4.69, 9.17) is 0 Å². The van der Waals surface area contributed by atoms with Crippen LogP contribution in [0.2, 0.25) is 0 Å². The first kappa shape index (κ1) is 18.6. The topological polar surface area (TPSA) is 107 Å². The molecule has 0 radical (unpaired) electrons. The van der Waals surface area contributed by atoms with Crippen molar-refractivity contribution in [1.82, 2.24) is 9.78 Å². The molecule has 0 fully saturated rings. The molecule has 0 aliphatic rings. The molecular weight excluding hydrogens is 368 g/mol. The Bertz CT molecular complexity index is 1090. The Labute approximate surface area is 156 Å². The van der Waals surface area contributed by atoms with Gasteiger partial charge in [0.15, 0.2) is 0 Å². The molecule has 140 valence electrons. The minimum Gasteiger partial charge on any atom is -0.280 e. The molecule has 1 N–H and O–H groups in total. The zero-order valence-electron chi connectivity index (χ0n) is 14.8. The van der Waals surface area contributed by atoms with Crippen molar-refractivity contribution in [2.24, 2.45) is 0 Å². The summed E-state index contributed by atoms with van der Waals surface area (Å²) >= 11 is 0. The summed E-state index contributed by atoms with van der Waals surface area (Å²) < 4.78 is 29.4. The fraction of sp³-hybridized carbons (Fsp3) is 0.167. The van der Waals surface area contributed by atoms with E-state index in [0.717, 1.165) is 29.1 Å². The van der Waals surface area contributed by atoms with Gasteiger partial charge in [0.05, 0.1) is 22.1 Å². The maximum Gasteiger partial charge on any atom is 0.269 e. The molecule has 0 saturated carbocycles. The van der Waals surface area contributed by atoms with Crippen LogP contribution in [0.15, 0.2) is 59.5 Å². The molecule has 2 aromatic carbocycles. The molecule has 3 aromatic rings. The standard InChI is InChI=1S/C18H18N4O4S/c1-13-10-14(2)21(19-13)12-15-4-3-5-16(11-15)20-27(25,26)18-8-6-17(7-9-18)22(23)24/h3-11,20H,12H2,1-2H3. The van der Waals surface area contributed by atoms with Gasteiger partial charge in [-0.15, -0.1) is 0 Å². The highest BCUT2D eigenvalue weighted by Crippen LogP contribution is 2.20. The largest absolute Gasteiger partial charge is 0.280 e. The highest BCUT2D eigenvalue weighted by atomic mass is 32.2. The number of nitro benzene ring substituents is 1. The Kier molecular flexibility index (Phi) is 4.95. The van der Waals surface area contributed by atoms with Crippen molar-refractivity contribution in [3.63, 3.8) is 0 Å². The Hall–Kier alpha value is -3.20. The van der Waals surface area contributed by atoms with Gasteiger partial charge in [-0.2, -0.15) is 5.10 Å². The van der Waals surface area contributed by atoms with Gasteiger partial charge in [0.1, 0.15) is 0 Å². The number of rotatable bonds is 6. The molecule has 0 unspecified atom stereocenters. The first-order valence-electron chi connectivity index (χ1n) is 8.12. The molecule has 0 spiro atoms. The molecule has 0 aliphatic heterocycles. The van der Waals surface area contributed by atoms with Crippen molar-refractivity contribution >= 4 is 21.4 Å². The number of aryl methyl sites for hydroxylation is 2. The number of nitrogens with one attached hydrogen (secondary N) is 1.